The number of hydrogen-bond donors (Lipinski definition) is 0. The maximum Gasteiger partial charge on any atom is 0.250 e. The largest absolute Gasteiger partial charge is 0.307 e. The molecule has 0 saturated carbocycles. The normalized spacial score (nSPS) is 11.6. The molecule has 22 heavy (non-hydrogen) atoms. The van der Waals surface area contributed by atoms with Crippen LogP contribution in [0.15, 0.2) is 46.6 Å². The fourth-order valence-electron chi connectivity index (χ4n) is 2.47. The van der Waals surface area contributed by atoms with Crippen molar-refractivity contribution in [3.05, 3.63) is 53.1 Å². The highest BCUT2D eigenvalue weighted by atomic mass is 15.3. The first-order chi connectivity index (χ1) is 10.6. The highest BCUT2D eigenvalue weighted by Gasteiger charge is 2.10. The molecule has 0 N–H and O–H groups in total. The average molecular weight is 292 g/mol. The Morgan fingerprint density at radius 2 is 1.64 bits per heavy atom. The van der Waals surface area contributed by atoms with Crippen molar-refractivity contribution in [2.75, 3.05) is 0 Å². The van der Waals surface area contributed by atoms with Gasteiger partial charge in [0.1, 0.15) is 0 Å². The molecular formula is C18H20N4. The van der Waals surface area contributed by atoms with Gasteiger partial charge in [-0.15, -0.1) is 10.2 Å². The van der Waals surface area contributed by atoms with Gasteiger partial charge in [0.25, 0.3) is 0 Å². The van der Waals surface area contributed by atoms with Crippen LogP contribution in [0.3, 0.4) is 0 Å². The molecule has 0 fully saturated rings. The molecule has 0 aliphatic carbocycles. The summed E-state index contributed by atoms with van der Waals surface area (Å²) in [5, 5.41) is 8.66. The Bertz CT molecular complexity index is 842. The zero-order valence-electron chi connectivity index (χ0n) is 13.5. The number of azo groups is 1. The maximum absolute atomic E-state index is 4.62. The standard InChI is InChI=1S/C18H20N4/c1-5-22-17-11-14(4)13(3)10-16(17)19-18(22)21-20-15-8-6-12(2)7-9-15/h6-11H,5H2,1-4H3. The van der Waals surface area contributed by atoms with Crippen molar-refractivity contribution in [2.24, 2.45) is 10.2 Å². The first-order valence-corrected chi connectivity index (χ1v) is 7.54. The monoisotopic (exact) mass is 292 g/mol. The van der Waals surface area contributed by atoms with Gasteiger partial charge in [0.15, 0.2) is 0 Å². The first kappa shape index (κ1) is 14.4. The highest BCUT2D eigenvalue weighted by Crippen LogP contribution is 2.26. The van der Waals surface area contributed by atoms with Crippen LogP contribution in [0.5, 0.6) is 0 Å². The Hall–Kier alpha value is -2.49. The summed E-state index contributed by atoms with van der Waals surface area (Å²) in [7, 11) is 0. The summed E-state index contributed by atoms with van der Waals surface area (Å²) in [6.07, 6.45) is 0. The predicted molar refractivity (Wildman–Crippen MR) is 90.2 cm³/mol. The van der Waals surface area contributed by atoms with E-state index in [1.54, 1.807) is 0 Å². The Kier molecular flexibility index (Phi) is 3.75. The van der Waals surface area contributed by atoms with Gasteiger partial charge in [0, 0.05) is 6.54 Å². The van der Waals surface area contributed by atoms with E-state index in [1.165, 1.54) is 16.7 Å². The summed E-state index contributed by atoms with van der Waals surface area (Å²) in [6, 6.07) is 12.3. The molecule has 0 aliphatic rings. The van der Waals surface area contributed by atoms with Gasteiger partial charge in [0.05, 0.1) is 16.7 Å². The Labute approximate surface area is 130 Å². The molecule has 0 unspecified atom stereocenters. The number of fused-ring (bicyclic) bond motifs is 1. The smallest absolute Gasteiger partial charge is 0.250 e. The van der Waals surface area contributed by atoms with E-state index in [4.69, 9.17) is 0 Å². The van der Waals surface area contributed by atoms with Crippen LogP contribution >= 0.6 is 0 Å². The van der Waals surface area contributed by atoms with Crippen LogP contribution in [0.1, 0.15) is 23.6 Å². The van der Waals surface area contributed by atoms with E-state index in [9.17, 15) is 0 Å². The summed E-state index contributed by atoms with van der Waals surface area (Å²) >= 11 is 0. The molecule has 0 bridgehead atoms. The van der Waals surface area contributed by atoms with E-state index in [-0.39, 0.29) is 0 Å². The fourth-order valence-corrected chi connectivity index (χ4v) is 2.47. The topological polar surface area (TPSA) is 42.5 Å². The number of hydrogen-bond acceptors (Lipinski definition) is 3. The van der Waals surface area contributed by atoms with Gasteiger partial charge in [-0.3, -0.25) is 0 Å². The molecule has 1 heterocycles. The van der Waals surface area contributed by atoms with E-state index in [1.807, 2.05) is 24.3 Å². The Morgan fingerprint density at radius 3 is 2.32 bits per heavy atom. The minimum absolute atomic E-state index is 0.656. The van der Waals surface area contributed by atoms with Crippen molar-refractivity contribution in [3.8, 4) is 0 Å². The van der Waals surface area contributed by atoms with Gasteiger partial charge in [0.2, 0.25) is 5.95 Å². The van der Waals surface area contributed by atoms with Crippen LogP contribution < -0.4 is 0 Å². The lowest BCUT2D eigenvalue weighted by Crippen LogP contribution is -1.93. The van der Waals surface area contributed by atoms with Crippen LogP contribution in [-0.4, -0.2) is 9.55 Å². The molecule has 3 rings (SSSR count). The molecule has 0 aliphatic heterocycles. The van der Waals surface area contributed by atoms with Gasteiger partial charge in [-0.1, -0.05) is 17.7 Å². The minimum Gasteiger partial charge on any atom is -0.307 e. The van der Waals surface area contributed by atoms with Gasteiger partial charge in [-0.05, 0) is 63.1 Å². The lowest BCUT2D eigenvalue weighted by Gasteiger charge is -2.03. The number of nitrogens with zero attached hydrogens (tertiary/aromatic N) is 4. The fraction of sp³-hybridized carbons (Fsp3) is 0.278. The Balaban J connectivity index is 2.04. The molecule has 112 valence electrons. The minimum atomic E-state index is 0.656. The molecule has 0 spiro atoms. The van der Waals surface area contributed by atoms with Crippen LogP contribution in [0.4, 0.5) is 11.6 Å². The second kappa shape index (κ2) is 5.72. The SMILES string of the molecule is CCn1c(N=Nc2ccc(C)cc2)nc2cc(C)c(C)cc21. The third-order valence-electron chi connectivity index (χ3n) is 3.95. The van der Waals surface area contributed by atoms with Crippen LogP contribution in [-0.2, 0) is 6.54 Å². The quantitative estimate of drug-likeness (QED) is 0.596. The summed E-state index contributed by atoms with van der Waals surface area (Å²) in [4.78, 5) is 4.62. The molecule has 1 aromatic heterocycles. The zero-order chi connectivity index (χ0) is 15.7. The van der Waals surface area contributed by atoms with Crippen molar-refractivity contribution < 1.29 is 0 Å². The van der Waals surface area contributed by atoms with E-state index in [0.717, 1.165) is 23.3 Å². The predicted octanol–water partition coefficient (Wildman–Crippen LogP) is 5.40. The summed E-state index contributed by atoms with van der Waals surface area (Å²) in [5.41, 5.74) is 6.66. The molecule has 0 atom stereocenters. The number of rotatable bonds is 3. The summed E-state index contributed by atoms with van der Waals surface area (Å²) in [5.74, 6) is 0.656. The first-order valence-electron chi connectivity index (χ1n) is 7.54. The van der Waals surface area contributed by atoms with E-state index < -0.39 is 0 Å². The second-order valence-electron chi connectivity index (χ2n) is 5.62. The van der Waals surface area contributed by atoms with Crippen molar-refractivity contribution in [2.45, 2.75) is 34.2 Å². The third-order valence-corrected chi connectivity index (χ3v) is 3.95. The molecule has 3 aromatic rings. The van der Waals surface area contributed by atoms with Crippen LogP contribution in [0.25, 0.3) is 11.0 Å². The van der Waals surface area contributed by atoms with E-state index >= 15 is 0 Å². The number of aromatic nitrogens is 2. The van der Waals surface area contributed by atoms with Crippen molar-refractivity contribution in [1.29, 1.82) is 0 Å². The lowest BCUT2D eigenvalue weighted by molar-refractivity contribution is 0.781. The molecule has 0 radical (unpaired) electrons. The second-order valence-corrected chi connectivity index (χ2v) is 5.62. The van der Waals surface area contributed by atoms with Crippen molar-refractivity contribution in [3.63, 3.8) is 0 Å². The highest BCUT2D eigenvalue weighted by molar-refractivity contribution is 5.80. The summed E-state index contributed by atoms with van der Waals surface area (Å²) in [6.45, 7) is 9.20. The maximum atomic E-state index is 4.62. The van der Waals surface area contributed by atoms with Crippen molar-refractivity contribution in [1.82, 2.24) is 9.55 Å². The molecule has 4 heteroatoms. The van der Waals surface area contributed by atoms with Gasteiger partial charge in [-0.2, -0.15) is 0 Å². The molecule has 2 aromatic carbocycles. The number of imidazole rings is 1. The Morgan fingerprint density at radius 1 is 0.955 bits per heavy atom. The van der Waals surface area contributed by atoms with Gasteiger partial charge >= 0.3 is 0 Å². The molecular weight excluding hydrogens is 272 g/mol. The van der Waals surface area contributed by atoms with Gasteiger partial charge < -0.3 is 4.57 Å². The van der Waals surface area contributed by atoms with Crippen molar-refractivity contribution >= 4 is 22.7 Å². The zero-order valence-corrected chi connectivity index (χ0v) is 13.5. The third kappa shape index (κ3) is 2.64. The lowest BCUT2D eigenvalue weighted by atomic mass is 10.1. The van der Waals surface area contributed by atoms with E-state index in [2.05, 4.69) is 59.6 Å². The molecule has 0 amide bonds. The molecule has 0 saturated heterocycles. The van der Waals surface area contributed by atoms with Gasteiger partial charge in [-0.25, -0.2) is 4.98 Å². The average Bonchev–Trinajstić information content (AvgIpc) is 2.84. The van der Waals surface area contributed by atoms with Crippen LogP contribution in [0.2, 0.25) is 0 Å². The van der Waals surface area contributed by atoms with E-state index in [0.29, 0.717) is 5.95 Å². The van der Waals surface area contributed by atoms with Crippen LogP contribution in [0, 0.1) is 20.8 Å². The number of aryl methyl sites for hydroxylation is 4. The molecule has 4 nitrogen and oxygen atoms in total. The number of benzene rings is 2. The summed E-state index contributed by atoms with van der Waals surface area (Å²) < 4.78 is 2.10.